The fourth-order valence-corrected chi connectivity index (χ4v) is 1.30. The third-order valence-electron chi connectivity index (χ3n) is 2.03. The van der Waals surface area contributed by atoms with E-state index in [9.17, 15) is 4.79 Å². The van der Waals surface area contributed by atoms with E-state index in [-0.39, 0.29) is 12.2 Å². The molecule has 3 nitrogen and oxygen atoms in total. The number of ether oxygens (including phenoxy) is 1. The van der Waals surface area contributed by atoms with Crippen LogP contribution in [0.3, 0.4) is 0 Å². The van der Waals surface area contributed by atoms with Crippen molar-refractivity contribution in [1.82, 2.24) is 0 Å². The zero-order chi connectivity index (χ0) is 12.0. The van der Waals surface area contributed by atoms with E-state index in [0.29, 0.717) is 17.9 Å². The maximum Gasteiger partial charge on any atom is 0.180 e. The second-order valence-electron chi connectivity index (χ2n) is 3.36. The SMILES string of the molecule is C=CCOc1cc(C)ccc1C(=O)CC#N. The number of carbonyl (C=O) groups excluding carboxylic acids is 1. The summed E-state index contributed by atoms with van der Waals surface area (Å²) in [4.78, 5) is 11.6. The Labute approximate surface area is 95.0 Å². The maximum absolute atomic E-state index is 11.6. The summed E-state index contributed by atoms with van der Waals surface area (Å²) in [6, 6.07) is 7.14. The Bertz CT molecular complexity index is 444. The number of ketones is 1. The molecule has 0 atom stereocenters. The lowest BCUT2D eigenvalue weighted by atomic mass is 10.1. The molecule has 0 fully saturated rings. The monoisotopic (exact) mass is 215 g/mol. The van der Waals surface area contributed by atoms with Crippen molar-refractivity contribution < 1.29 is 9.53 Å². The van der Waals surface area contributed by atoms with Gasteiger partial charge >= 0.3 is 0 Å². The quantitative estimate of drug-likeness (QED) is 0.560. The molecule has 0 saturated heterocycles. The highest BCUT2D eigenvalue weighted by Gasteiger charge is 2.11. The maximum atomic E-state index is 11.6. The van der Waals surface area contributed by atoms with Crippen LogP contribution in [0.5, 0.6) is 5.75 Å². The minimum Gasteiger partial charge on any atom is -0.489 e. The number of rotatable bonds is 5. The Morgan fingerprint density at radius 1 is 1.62 bits per heavy atom. The van der Waals surface area contributed by atoms with Crippen molar-refractivity contribution in [3.63, 3.8) is 0 Å². The Hall–Kier alpha value is -2.08. The molecule has 0 heterocycles. The first-order chi connectivity index (χ1) is 7.69. The smallest absolute Gasteiger partial charge is 0.180 e. The number of aryl methyl sites for hydroxylation is 1. The van der Waals surface area contributed by atoms with Gasteiger partial charge in [0.15, 0.2) is 5.78 Å². The summed E-state index contributed by atoms with van der Waals surface area (Å²) in [5.74, 6) is 0.293. The highest BCUT2D eigenvalue weighted by molar-refractivity contribution is 5.99. The standard InChI is InChI=1S/C13H13NO2/c1-3-8-16-13-9-10(2)4-5-11(13)12(15)6-7-14/h3-5,9H,1,6,8H2,2H3. The number of Topliss-reactive ketones (excluding diaryl/α,β-unsaturated/α-hetero) is 1. The molecule has 0 bridgehead atoms. The van der Waals surface area contributed by atoms with Gasteiger partial charge in [0, 0.05) is 0 Å². The fraction of sp³-hybridized carbons (Fsp3) is 0.231. The highest BCUT2D eigenvalue weighted by atomic mass is 16.5. The summed E-state index contributed by atoms with van der Waals surface area (Å²) in [6.45, 7) is 5.81. The normalized spacial score (nSPS) is 9.25. The van der Waals surface area contributed by atoms with Crippen molar-refractivity contribution in [2.24, 2.45) is 0 Å². The van der Waals surface area contributed by atoms with Crippen molar-refractivity contribution in [2.75, 3.05) is 6.61 Å². The van der Waals surface area contributed by atoms with Gasteiger partial charge in [-0.1, -0.05) is 18.7 Å². The van der Waals surface area contributed by atoms with Crippen molar-refractivity contribution in [2.45, 2.75) is 13.3 Å². The second-order valence-corrected chi connectivity index (χ2v) is 3.36. The summed E-state index contributed by atoms with van der Waals surface area (Å²) in [6.07, 6.45) is 1.48. The lowest BCUT2D eigenvalue weighted by molar-refractivity contribution is 0.0994. The number of hydrogen-bond donors (Lipinski definition) is 0. The van der Waals surface area contributed by atoms with E-state index in [1.54, 1.807) is 18.2 Å². The largest absolute Gasteiger partial charge is 0.489 e. The third-order valence-corrected chi connectivity index (χ3v) is 2.03. The van der Waals surface area contributed by atoms with Gasteiger partial charge in [-0.25, -0.2) is 0 Å². The topological polar surface area (TPSA) is 50.1 Å². The number of carbonyl (C=O) groups is 1. The van der Waals surface area contributed by atoms with E-state index >= 15 is 0 Å². The first-order valence-electron chi connectivity index (χ1n) is 4.93. The van der Waals surface area contributed by atoms with Gasteiger partial charge in [0.2, 0.25) is 0 Å². The predicted octanol–water partition coefficient (Wildman–Crippen LogP) is 2.66. The molecular weight excluding hydrogens is 202 g/mol. The molecule has 0 radical (unpaired) electrons. The second kappa shape index (κ2) is 5.72. The molecule has 0 aromatic heterocycles. The minimum atomic E-state index is -0.221. The molecule has 0 amide bonds. The van der Waals surface area contributed by atoms with E-state index in [1.165, 1.54) is 0 Å². The van der Waals surface area contributed by atoms with E-state index < -0.39 is 0 Å². The molecule has 16 heavy (non-hydrogen) atoms. The highest BCUT2D eigenvalue weighted by Crippen LogP contribution is 2.21. The number of benzene rings is 1. The van der Waals surface area contributed by atoms with Crippen LogP contribution < -0.4 is 4.74 Å². The van der Waals surface area contributed by atoms with Crippen molar-refractivity contribution in [3.05, 3.63) is 42.0 Å². The Morgan fingerprint density at radius 2 is 2.38 bits per heavy atom. The van der Waals surface area contributed by atoms with Crippen LogP contribution in [-0.2, 0) is 0 Å². The van der Waals surface area contributed by atoms with Gasteiger partial charge in [0.25, 0.3) is 0 Å². The summed E-state index contributed by atoms with van der Waals surface area (Å²) in [5.41, 5.74) is 1.46. The van der Waals surface area contributed by atoms with Crippen LogP contribution in [0.2, 0.25) is 0 Å². The third kappa shape index (κ3) is 2.96. The van der Waals surface area contributed by atoms with E-state index in [2.05, 4.69) is 6.58 Å². The van der Waals surface area contributed by atoms with Crippen LogP contribution in [-0.4, -0.2) is 12.4 Å². The average Bonchev–Trinajstić information content (AvgIpc) is 2.26. The first-order valence-corrected chi connectivity index (χ1v) is 4.93. The van der Waals surface area contributed by atoms with E-state index in [0.717, 1.165) is 5.56 Å². The molecule has 3 heteroatoms. The Kier molecular flexibility index (Phi) is 4.28. The van der Waals surface area contributed by atoms with Crippen LogP contribution in [0.4, 0.5) is 0 Å². The molecule has 0 saturated carbocycles. The van der Waals surface area contributed by atoms with Crippen molar-refractivity contribution in [1.29, 1.82) is 5.26 Å². The molecule has 0 aliphatic rings. The Morgan fingerprint density at radius 3 is 3.00 bits per heavy atom. The summed E-state index contributed by atoms with van der Waals surface area (Å²) < 4.78 is 5.39. The van der Waals surface area contributed by atoms with E-state index in [1.807, 2.05) is 19.1 Å². The van der Waals surface area contributed by atoms with Crippen LogP contribution >= 0.6 is 0 Å². The zero-order valence-electron chi connectivity index (χ0n) is 9.19. The number of nitrogens with zero attached hydrogens (tertiary/aromatic N) is 1. The van der Waals surface area contributed by atoms with Crippen LogP contribution in [0.1, 0.15) is 22.3 Å². The molecule has 1 rings (SSSR count). The van der Waals surface area contributed by atoms with Crippen molar-refractivity contribution >= 4 is 5.78 Å². The molecule has 0 spiro atoms. The van der Waals surface area contributed by atoms with Crippen molar-refractivity contribution in [3.8, 4) is 11.8 Å². The van der Waals surface area contributed by atoms with Gasteiger partial charge in [-0.3, -0.25) is 4.79 Å². The molecule has 0 aliphatic carbocycles. The zero-order valence-corrected chi connectivity index (χ0v) is 9.19. The van der Waals surface area contributed by atoms with Crippen LogP contribution in [0.25, 0.3) is 0 Å². The summed E-state index contributed by atoms with van der Waals surface area (Å²) >= 11 is 0. The van der Waals surface area contributed by atoms with E-state index in [4.69, 9.17) is 10.00 Å². The molecule has 1 aromatic carbocycles. The minimum absolute atomic E-state index is 0.131. The number of hydrogen-bond acceptors (Lipinski definition) is 3. The van der Waals surface area contributed by atoms with Gasteiger partial charge < -0.3 is 4.74 Å². The first kappa shape index (κ1) is 12.0. The van der Waals surface area contributed by atoms with Gasteiger partial charge in [-0.2, -0.15) is 5.26 Å². The molecule has 1 aromatic rings. The molecule has 0 aliphatic heterocycles. The van der Waals surface area contributed by atoms with Gasteiger partial charge in [-0.05, 0) is 24.6 Å². The lowest BCUT2D eigenvalue weighted by Crippen LogP contribution is -2.03. The molecular formula is C13H13NO2. The van der Waals surface area contributed by atoms with Crippen LogP contribution in [0, 0.1) is 18.3 Å². The summed E-state index contributed by atoms with van der Waals surface area (Å²) in [5, 5.41) is 8.49. The predicted molar refractivity (Wildman–Crippen MR) is 61.4 cm³/mol. The lowest BCUT2D eigenvalue weighted by Gasteiger charge is -2.09. The van der Waals surface area contributed by atoms with Crippen LogP contribution in [0.15, 0.2) is 30.9 Å². The number of nitriles is 1. The fourth-order valence-electron chi connectivity index (χ4n) is 1.30. The summed E-state index contributed by atoms with van der Waals surface area (Å²) in [7, 11) is 0. The van der Waals surface area contributed by atoms with Gasteiger partial charge in [-0.15, -0.1) is 0 Å². The van der Waals surface area contributed by atoms with Gasteiger partial charge in [0.05, 0.1) is 18.1 Å². The average molecular weight is 215 g/mol. The molecule has 0 unspecified atom stereocenters. The molecule has 82 valence electrons. The Balaban J connectivity index is 3.02. The van der Waals surface area contributed by atoms with Gasteiger partial charge in [0.1, 0.15) is 12.4 Å². The molecule has 0 N–H and O–H groups in total.